The van der Waals surface area contributed by atoms with E-state index >= 15 is 0 Å². The number of rotatable bonds is 12. The second kappa shape index (κ2) is 13.1. The molecule has 3 N–H and O–H groups in total. The van der Waals surface area contributed by atoms with Crippen LogP contribution in [0.2, 0.25) is 5.02 Å². The molecule has 0 bridgehead atoms. The Morgan fingerprint density at radius 2 is 1.88 bits per heavy atom. The number of aliphatic hydroxyl groups excluding tert-OH is 1. The van der Waals surface area contributed by atoms with Gasteiger partial charge in [0.25, 0.3) is 0 Å². The summed E-state index contributed by atoms with van der Waals surface area (Å²) in [4.78, 5) is 23.0. The van der Waals surface area contributed by atoms with Gasteiger partial charge in [-0.25, -0.2) is 9.59 Å². The van der Waals surface area contributed by atoms with Crippen LogP contribution in [0, 0.1) is 6.92 Å². The number of hydrogen-bond donors (Lipinski definition) is 3. The van der Waals surface area contributed by atoms with Gasteiger partial charge in [0, 0.05) is 17.1 Å². The molecule has 0 fully saturated rings. The lowest BCUT2D eigenvalue weighted by Gasteiger charge is -2.22. The molecule has 0 aromatic heterocycles. The number of aryl methyl sites for hydroxylation is 2. The topological polar surface area (TPSA) is 105 Å². The van der Waals surface area contributed by atoms with Crippen LogP contribution in [0.3, 0.4) is 0 Å². The summed E-state index contributed by atoms with van der Waals surface area (Å²) in [5, 5.41) is 22.9. The Labute approximate surface area is 193 Å². The van der Waals surface area contributed by atoms with Crippen LogP contribution in [0.4, 0.5) is 0 Å². The molecule has 0 aliphatic carbocycles. The summed E-state index contributed by atoms with van der Waals surface area (Å²) in [6.07, 6.45) is 0.288. The van der Waals surface area contributed by atoms with Gasteiger partial charge in [-0.1, -0.05) is 42.3 Å². The van der Waals surface area contributed by atoms with E-state index in [0.717, 1.165) is 24.1 Å². The molecule has 0 saturated carbocycles. The number of carboxylic acids is 1. The largest absolute Gasteiger partial charge is 0.490 e. The van der Waals surface area contributed by atoms with Crippen LogP contribution in [-0.2, 0) is 20.7 Å². The van der Waals surface area contributed by atoms with Gasteiger partial charge >= 0.3 is 11.9 Å². The molecule has 0 heterocycles. The van der Waals surface area contributed by atoms with Crippen molar-refractivity contribution in [1.29, 1.82) is 0 Å². The average molecular weight is 464 g/mol. The Morgan fingerprint density at radius 1 is 1.16 bits per heavy atom. The maximum Gasteiger partial charge on any atom is 0.417 e. The number of hydrogen-bond acceptors (Lipinski definition) is 6. The van der Waals surface area contributed by atoms with Crippen LogP contribution in [0.25, 0.3) is 0 Å². The minimum Gasteiger partial charge on any atom is -0.490 e. The van der Waals surface area contributed by atoms with Crippen molar-refractivity contribution in [1.82, 2.24) is 5.32 Å². The molecule has 7 nitrogen and oxygen atoms in total. The Morgan fingerprint density at radius 3 is 2.53 bits per heavy atom. The van der Waals surface area contributed by atoms with E-state index in [1.54, 1.807) is 24.3 Å². The number of esters is 1. The number of carbonyl (C=O) groups excluding carboxylic acids is 1. The third-order valence-corrected chi connectivity index (χ3v) is 5.03. The minimum atomic E-state index is -1.66. The van der Waals surface area contributed by atoms with E-state index in [9.17, 15) is 14.7 Å². The molecule has 0 amide bonds. The summed E-state index contributed by atoms with van der Waals surface area (Å²) >= 11 is 5.94. The number of carboxylic acid groups (broad SMARTS) is 1. The molecule has 0 aliphatic rings. The van der Waals surface area contributed by atoms with Crippen LogP contribution < -0.4 is 10.1 Å². The predicted molar refractivity (Wildman–Crippen MR) is 122 cm³/mol. The maximum absolute atomic E-state index is 11.9. The highest BCUT2D eigenvalue weighted by Crippen LogP contribution is 2.32. The summed E-state index contributed by atoms with van der Waals surface area (Å²) in [5.74, 6) is -2.55. The molecule has 0 radical (unpaired) electrons. The van der Waals surface area contributed by atoms with E-state index in [-0.39, 0.29) is 6.61 Å². The SMILES string of the molecule is CCCNCC(O)COc1ccc(C)cc1C(CCc1ccc(Cl)cc1)OC(=O)C(=O)O. The van der Waals surface area contributed by atoms with Gasteiger partial charge in [0.2, 0.25) is 0 Å². The molecule has 174 valence electrons. The van der Waals surface area contributed by atoms with Crippen molar-refractivity contribution in [2.45, 2.75) is 45.3 Å². The van der Waals surface area contributed by atoms with Crippen LogP contribution in [0.5, 0.6) is 5.75 Å². The molecular weight excluding hydrogens is 434 g/mol. The number of nitrogens with one attached hydrogen (secondary N) is 1. The van der Waals surface area contributed by atoms with E-state index in [0.29, 0.717) is 35.7 Å². The number of halogens is 1. The fourth-order valence-corrected chi connectivity index (χ4v) is 3.27. The van der Waals surface area contributed by atoms with E-state index in [2.05, 4.69) is 5.32 Å². The molecule has 2 rings (SSSR count). The van der Waals surface area contributed by atoms with E-state index in [1.165, 1.54) is 0 Å². The Kier molecular flexibility index (Phi) is 10.5. The molecule has 2 aromatic rings. The van der Waals surface area contributed by atoms with Crippen molar-refractivity contribution in [2.24, 2.45) is 0 Å². The number of benzene rings is 2. The lowest BCUT2D eigenvalue weighted by Crippen LogP contribution is -2.32. The first-order chi connectivity index (χ1) is 15.3. The second-order valence-corrected chi connectivity index (χ2v) is 8.01. The highest BCUT2D eigenvalue weighted by atomic mass is 35.5. The van der Waals surface area contributed by atoms with Gasteiger partial charge in [-0.3, -0.25) is 0 Å². The number of ether oxygens (including phenoxy) is 2. The summed E-state index contributed by atoms with van der Waals surface area (Å²) < 4.78 is 11.1. The summed E-state index contributed by atoms with van der Waals surface area (Å²) in [7, 11) is 0. The zero-order chi connectivity index (χ0) is 23.5. The third kappa shape index (κ3) is 8.49. The summed E-state index contributed by atoms with van der Waals surface area (Å²) in [5.41, 5.74) is 2.43. The zero-order valence-corrected chi connectivity index (χ0v) is 19.1. The molecule has 32 heavy (non-hydrogen) atoms. The molecule has 2 unspecified atom stereocenters. The number of aliphatic carboxylic acids is 1. The molecule has 8 heteroatoms. The normalized spacial score (nSPS) is 12.8. The van der Waals surface area contributed by atoms with Crippen molar-refractivity contribution in [3.63, 3.8) is 0 Å². The predicted octanol–water partition coefficient (Wildman–Crippen LogP) is 3.69. The van der Waals surface area contributed by atoms with Crippen molar-refractivity contribution in [3.8, 4) is 5.75 Å². The fraction of sp³-hybridized carbons (Fsp3) is 0.417. The van der Waals surface area contributed by atoms with E-state index in [4.69, 9.17) is 26.2 Å². The first-order valence-electron chi connectivity index (χ1n) is 10.6. The van der Waals surface area contributed by atoms with Gasteiger partial charge in [-0.05, 0) is 62.6 Å². The van der Waals surface area contributed by atoms with Crippen molar-refractivity contribution in [2.75, 3.05) is 19.7 Å². The minimum absolute atomic E-state index is 0.0452. The Hall–Kier alpha value is -2.61. The first-order valence-corrected chi connectivity index (χ1v) is 11.0. The number of carbonyl (C=O) groups is 2. The summed E-state index contributed by atoms with van der Waals surface area (Å²) in [6.45, 7) is 5.15. The number of aliphatic hydroxyl groups is 1. The van der Waals surface area contributed by atoms with Crippen LogP contribution in [-0.4, -0.2) is 48.0 Å². The van der Waals surface area contributed by atoms with Gasteiger partial charge in [0.15, 0.2) is 0 Å². The average Bonchev–Trinajstić information content (AvgIpc) is 2.76. The van der Waals surface area contributed by atoms with Crippen molar-refractivity contribution < 1.29 is 29.3 Å². The quantitative estimate of drug-likeness (QED) is 0.250. The Balaban J connectivity index is 2.20. The van der Waals surface area contributed by atoms with Gasteiger partial charge in [0.1, 0.15) is 24.6 Å². The van der Waals surface area contributed by atoms with Gasteiger partial charge < -0.3 is 25.0 Å². The monoisotopic (exact) mass is 463 g/mol. The molecule has 0 aliphatic heterocycles. The lowest BCUT2D eigenvalue weighted by molar-refractivity contribution is -0.168. The Bertz CT molecular complexity index is 887. The molecule has 0 spiro atoms. The second-order valence-electron chi connectivity index (χ2n) is 7.57. The van der Waals surface area contributed by atoms with Crippen molar-refractivity contribution >= 4 is 23.5 Å². The van der Waals surface area contributed by atoms with Crippen molar-refractivity contribution in [3.05, 3.63) is 64.2 Å². The highest BCUT2D eigenvalue weighted by molar-refractivity contribution is 6.30. The first kappa shape index (κ1) is 25.6. The van der Waals surface area contributed by atoms with Crippen LogP contribution in [0.15, 0.2) is 42.5 Å². The molecule has 0 saturated heterocycles. The third-order valence-electron chi connectivity index (χ3n) is 4.78. The summed E-state index contributed by atoms with van der Waals surface area (Å²) in [6, 6.07) is 12.7. The zero-order valence-electron chi connectivity index (χ0n) is 18.3. The van der Waals surface area contributed by atoms with E-state index in [1.807, 2.05) is 32.0 Å². The fourth-order valence-electron chi connectivity index (χ4n) is 3.15. The molecular formula is C24H30ClNO6. The van der Waals surface area contributed by atoms with Gasteiger partial charge in [-0.15, -0.1) is 0 Å². The lowest BCUT2D eigenvalue weighted by atomic mass is 9.98. The molecule has 2 aromatic carbocycles. The van der Waals surface area contributed by atoms with E-state index < -0.39 is 24.1 Å². The smallest absolute Gasteiger partial charge is 0.417 e. The molecule has 2 atom stereocenters. The van der Waals surface area contributed by atoms with Gasteiger partial charge in [-0.2, -0.15) is 0 Å². The van der Waals surface area contributed by atoms with Gasteiger partial charge in [0.05, 0.1) is 0 Å². The maximum atomic E-state index is 11.9. The highest BCUT2D eigenvalue weighted by Gasteiger charge is 2.25. The standard InChI is InChI=1S/C24H30ClNO6/c1-3-12-26-14-19(27)15-31-21-10-4-16(2)13-20(21)22(32-24(30)23(28)29)11-7-17-5-8-18(25)9-6-17/h4-6,8-10,13,19,22,26-27H,3,7,11-12,14-15H2,1-2H3,(H,28,29). The van der Waals surface area contributed by atoms with Crippen LogP contribution in [0.1, 0.15) is 42.6 Å². The van der Waals surface area contributed by atoms with Crippen LogP contribution >= 0.6 is 11.6 Å².